The average molecular weight is 451 g/mol. The number of carbonyl (C=O) groups excluding carboxylic acids is 4. The van der Waals surface area contributed by atoms with E-state index < -0.39 is 18.0 Å². The molecule has 1 aromatic rings. The fourth-order valence-electron chi connectivity index (χ4n) is 2.84. The Morgan fingerprint density at radius 2 is 1.75 bits per heavy atom. The highest BCUT2D eigenvalue weighted by Crippen LogP contribution is 2.18. The lowest BCUT2D eigenvalue weighted by Crippen LogP contribution is -2.32. The molecule has 0 spiro atoms. The number of hydroxylamine groups is 2. The fraction of sp³-hybridized carbons (Fsp3) is 0.545. The van der Waals surface area contributed by atoms with E-state index in [1.807, 2.05) is 6.92 Å². The lowest BCUT2D eigenvalue weighted by Gasteiger charge is -2.16. The van der Waals surface area contributed by atoms with Gasteiger partial charge in [0.1, 0.15) is 12.4 Å². The van der Waals surface area contributed by atoms with Crippen molar-refractivity contribution in [2.24, 2.45) is 5.92 Å². The lowest BCUT2D eigenvalue weighted by molar-refractivity contribution is -0.177. The highest BCUT2D eigenvalue weighted by Gasteiger charge is 2.33. The van der Waals surface area contributed by atoms with E-state index in [0.717, 1.165) is 12.8 Å². The van der Waals surface area contributed by atoms with Gasteiger partial charge in [0, 0.05) is 20.0 Å². The predicted molar refractivity (Wildman–Crippen MR) is 110 cm³/mol. The molecule has 2 rings (SSSR count). The van der Waals surface area contributed by atoms with Crippen LogP contribution >= 0.6 is 0 Å². The quantitative estimate of drug-likeness (QED) is 0.193. The third kappa shape index (κ3) is 8.27. The number of nitrogens with zero attached hydrogens (tertiary/aromatic N) is 1. The smallest absolute Gasteiger partial charge is 0.428 e. The van der Waals surface area contributed by atoms with E-state index in [0.29, 0.717) is 36.0 Å². The summed E-state index contributed by atoms with van der Waals surface area (Å²) in [5, 5.41) is 0.416. The summed E-state index contributed by atoms with van der Waals surface area (Å²) in [6, 6.07) is 6.41. The van der Waals surface area contributed by atoms with Crippen LogP contribution < -0.4 is 4.74 Å². The van der Waals surface area contributed by atoms with Gasteiger partial charge >= 0.3 is 12.1 Å². The number of benzene rings is 1. The van der Waals surface area contributed by atoms with Crippen LogP contribution in [0.5, 0.6) is 5.75 Å². The van der Waals surface area contributed by atoms with Crippen LogP contribution in [0, 0.1) is 5.92 Å². The van der Waals surface area contributed by atoms with Crippen molar-refractivity contribution in [1.82, 2.24) is 5.06 Å². The molecule has 0 aromatic heterocycles. The molecule has 1 aliphatic rings. The number of hydrogen-bond donors (Lipinski definition) is 0. The summed E-state index contributed by atoms with van der Waals surface area (Å²) in [4.78, 5) is 51.7. The molecule has 1 aliphatic heterocycles. The van der Waals surface area contributed by atoms with Crippen molar-refractivity contribution in [3.8, 4) is 5.75 Å². The summed E-state index contributed by atoms with van der Waals surface area (Å²) in [7, 11) is 1.58. The van der Waals surface area contributed by atoms with Crippen LogP contribution in [0.15, 0.2) is 24.3 Å². The van der Waals surface area contributed by atoms with E-state index in [1.54, 1.807) is 31.4 Å². The summed E-state index contributed by atoms with van der Waals surface area (Å²) in [6.45, 7) is 3.03. The third-order valence-corrected chi connectivity index (χ3v) is 4.66. The van der Waals surface area contributed by atoms with Gasteiger partial charge in [-0.15, -0.1) is 0 Å². The molecule has 0 saturated carbocycles. The zero-order valence-electron chi connectivity index (χ0n) is 18.4. The molecule has 1 saturated heterocycles. The predicted octanol–water partition coefficient (Wildman–Crippen LogP) is 2.78. The Bertz CT molecular complexity index is 762. The SMILES string of the molecule is CCCCC(COCCOC)C(=O)Oc1ccc(COC(=O)ON2C(=O)CCC2=O)cc1. The van der Waals surface area contributed by atoms with Gasteiger partial charge in [0.15, 0.2) is 0 Å². The van der Waals surface area contributed by atoms with Gasteiger partial charge in [-0.05, 0) is 24.1 Å². The normalized spacial score (nSPS) is 14.4. The molecular weight excluding hydrogens is 422 g/mol. The molecule has 1 fully saturated rings. The van der Waals surface area contributed by atoms with Crippen LogP contribution in [0.4, 0.5) is 4.79 Å². The number of unbranched alkanes of at least 4 members (excludes halogenated alkanes) is 1. The Hall–Kier alpha value is -2.98. The summed E-state index contributed by atoms with van der Waals surface area (Å²) >= 11 is 0. The van der Waals surface area contributed by atoms with E-state index in [2.05, 4.69) is 4.84 Å². The number of esters is 1. The number of rotatable bonds is 13. The van der Waals surface area contributed by atoms with Crippen molar-refractivity contribution in [2.75, 3.05) is 26.9 Å². The molecule has 176 valence electrons. The Morgan fingerprint density at radius 3 is 2.38 bits per heavy atom. The molecule has 1 heterocycles. The second kappa shape index (κ2) is 13.4. The molecule has 32 heavy (non-hydrogen) atoms. The standard InChI is InChI=1S/C22H29NO9/c1-3-4-5-17(15-29-13-12-28-2)21(26)31-18-8-6-16(7-9-18)14-30-22(27)32-23-19(24)10-11-20(23)25/h6-9,17H,3-5,10-15H2,1-2H3. The van der Waals surface area contributed by atoms with E-state index >= 15 is 0 Å². The number of hydrogen-bond acceptors (Lipinski definition) is 9. The Labute approximate surface area is 186 Å². The minimum absolute atomic E-state index is 0.00484. The molecule has 10 nitrogen and oxygen atoms in total. The molecule has 0 aliphatic carbocycles. The van der Waals surface area contributed by atoms with Gasteiger partial charge in [-0.25, -0.2) is 4.79 Å². The molecule has 10 heteroatoms. The number of imide groups is 1. The molecule has 0 radical (unpaired) electrons. The van der Waals surface area contributed by atoms with E-state index in [1.165, 1.54) is 0 Å². The van der Waals surface area contributed by atoms with Crippen molar-refractivity contribution in [1.29, 1.82) is 0 Å². The second-order valence-electron chi connectivity index (χ2n) is 7.18. The Balaban J connectivity index is 1.80. The van der Waals surface area contributed by atoms with Gasteiger partial charge in [0.05, 0.1) is 25.7 Å². The summed E-state index contributed by atoms with van der Waals surface area (Å²) in [5.74, 6) is -1.56. The zero-order valence-corrected chi connectivity index (χ0v) is 18.4. The first kappa shape index (κ1) is 25.3. The molecule has 0 bridgehead atoms. The second-order valence-corrected chi connectivity index (χ2v) is 7.18. The topological polar surface area (TPSA) is 118 Å². The minimum atomic E-state index is -1.16. The highest BCUT2D eigenvalue weighted by atomic mass is 16.8. The number of ether oxygens (including phenoxy) is 4. The summed E-state index contributed by atoms with van der Waals surface area (Å²) < 4.78 is 20.8. The van der Waals surface area contributed by atoms with Gasteiger partial charge in [0.25, 0.3) is 11.8 Å². The van der Waals surface area contributed by atoms with Crippen LogP contribution in [0.3, 0.4) is 0 Å². The molecular formula is C22H29NO9. The molecule has 1 aromatic carbocycles. The third-order valence-electron chi connectivity index (χ3n) is 4.66. The zero-order chi connectivity index (χ0) is 23.3. The number of methoxy groups -OCH3 is 1. The van der Waals surface area contributed by atoms with Crippen LogP contribution in [0.25, 0.3) is 0 Å². The highest BCUT2D eigenvalue weighted by molar-refractivity contribution is 6.01. The molecule has 2 amide bonds. The van der Waals surface area contributed by atoms with Crippen LogP contribution in [-0.2, 0) is 40.0 Å². The van der Waals surface area contributed by atoms with Crippen LogP contribution in [0.1, 0.15) is 44.6 Å². The minimum Gasteiger partial charge on any atom is -0.428 e. The van der Waals surface area contributed by atoms with E-state index in [9.17, 15) is 19.2 Å². The largest absolute Gasteiger partial charge is 0.534 e. The molecule has 1 atom stereocenters. The maximum absolute atomic E-state index is 12.5. The van der Waals surface area contributed by atoms with Gasteiger partial charge in [0.2, 0.25) is 0 Å². The van der Waals surface area contributed by atoms with Crippen molar-refractivity contribution < 1.29 is 43.0 Å². The maximum atomic E-state index is 12.5. The first-order chi connectivity index (χ1) is 15.4. The van der Waals surface area contributed by atoms with Gasteiger partial charge in [-0.3, -0.25) is 19.2 Å². The summed E-state index contributed by atoms with van der Waals surface area (Å²) in [5.41, 5.74) is 0.603. The van der Waals surface area contributed by atoms with Gasteiger partial charge < -0.3 is 18.9 Å². The van der Waals surface area contributed by atoms with E-state index in [-0.39, 0.29) is 37.9 Å². The summed E-state index contributed by atoms with van der Waals surface area (Å²) in [6.07, 6.45) is 1.36. The van der Waals surface area contributed by atoms with Crippen molar-refractivity contribution in [3.63, 3.8) is 0 Å². The van der Waals surface area contributed by atoms with Crippen molar-refractivity contribution in [3.05, 3.63) is 29.8 Å². The van der Waals surface area contributed by atoms with Gasteiger partial charge in [-0.2, -0.15) is 0 Å². The maximum Gasteiger partial charge on any atom is 0.534 e. The molecule has 0 N–H and O–H groups in total. The van der Waals surface area contributed by atoms with E-state index in [4.69, 9.17) is 18.9 Å². The Morgan fingerprint density at radius 1 is 1.06 bits per heavy atom. The number of amides is 2. The van der Waals surface area contributed by atoms with Crippen LogP contribution in [0.2, 0.25) is 0 Å². The first-order valence-corrected chi connectivity index (χ1v) is 10.5. The van der Waals surface area contributed by atoms with Gasteiger partial charge in [-0.1, -0.05) is 37.0 Å². The Kier molecular flexibility index (Phi) is 10.6. The average Bonchev–Trinajstić information content (AvgIpc) is 3.10. The lowest BCUT2D eigenvalue weighted by atomic mass is 10.0. The fourth-order valence-corrected chi connectivity index (χ4v) is 2.84. The molecule has 1 unspecified atom stereocenters. The number of carbonyl (C=O) groups is 4. The van der Waals surface area contributed by atoms with Crippen LogP contribution in [-0.4, -0.2) is 55.9 Å². The van der Waals surface area contributed by atoms with Crippen molar-refractivity contribution in [2.45, 2.75) is 45.6 Å². The monoisotopic (exact) mass is 451 g/mol. The first-order valence-electron chi connectivity index (χ1n) is 10.5. The van der Waals surface area contributed by atoms with Crippen molar-refractivity contribution >= 4 is 23.9 Å².